The van der Waals surface area contributed by atoms with Crippen molar-refractivity contribution in [3.63, 3.8) is 0 Å². The zero-order valence-corrected chi connectivity index (χ0v) is 19.5. The average molecular weight is 437 g/mol. The zero-order valence-electron chi connectivity index (χ0n) is 19.5. The van der Waals surface area contributed by atoms with Crippen molar-refractivity contribution in [2.45, 2.75) is 78.1 Å². The Balaban J connectivity index is 0.00000132. The van der Waals surface area contributed by atoms with Gasteiger partial charge in [-0.2, -0.15) is 0 Å². The molecule has 2 N–H and O–H groups in total. The number of carbonyl (C=O) groups is 2. The van der Waals surface area contributed by atoms with Crippen LogP contribution >= 0.6 is 0 Å². The summed E-state index contributed by atoms with van der Waals surface area (Å²) in [4.78, 5) is 24.9. The molecule has 0 aliphatic heterocycles. The van der Waals surface area contributed by atoms with Crippen LogP contribution in [0.15, 0.2) is 23.8 Å². The first-order valence-corrected chi connectivity index (χ1v) is 11.4. The summed E-state index contributed by atoms with van der Waals surface area (Å²) < 4.78 is 15.0. The number of halogens is 1. The van der Waals surface area contributed by atoms with Gasteiger partial charge in [-0.3, -0.25) is 9.18 Å². The van der Waals surface area contributed by atoms with Crippen LogP contribution < -0.4 is 0 Å². The Bertz CT molecular complexity index is 804. The summed E-state index contributed by atoms with van der Waals surface area (Å²) in [5, 5.41) is 23.1. The van der Waals surface area contributed by atoms with Gasteiger partial charge in [-0.05, 0) is 69.4 Å². The number of alkyl halides is 1. The van der Waals surface area contributed by atoms with Crippen LogP contribution in [0.4, 0.5) is 4.39 Å². The molecule has 8 atom stereocenters. The lowest BCUT2D eigenvalue weighted by Crippen LogP contribution is -2.62. The van der Waals surface area contributed by atoms with E-state index in [2.05, 4.69) is 6.92 Å². The highest BCUT2D eigenvalue weighted by Crippen LogP contribution is 2.68. The van der Waals surface area contributed by atoms with Crippen LogP contribution in [0.1, 0.15) is 60.3 Å². The average Bonchev–Trinajstić information content (AvgIpc) is 2.90. The lowest BCUT2D eigenvalue weighted by Gasteiger charge is -2.59. The lowest BCUT2D eigenvalue weighted by molar-refractivity contribution is -0.205. The normalized spacial score (nSPS) is 45.7. The monoisotopic (exact) mass is 436 g/mol. The fourth-order valence-corrected chi connectivity index (χ4v) is 7.40. The fourth-order valence-electron chi connectivity index (χ4n) is 7.40. The molecule has 0 radical (unpaired) electrons. The molecule has 0 aromatic carbocycles. The quantitative estimate of drug-likeness (QED) is 0.644. The standard InChI is InChI=1S/C24H34O5.CH3F/c1-13(2)29-21(27)24(28)14(3)10-18-17-7-6-15-11-16(25)8-9-22(15,4)20(17)19(26)12-23(18,24)5;1-2/h8-9,11,13-14,17-20,26,28H,6-7,10,12H2,1-5H3;1H3/t14-,17?,18?,19+,20?,22+,23+,24+;/m1./s1. The number of hydrogen-bond acceptors (Lipinski definition) is 5. The molecule has 0 amide bonds. The van der Waals surface area contributed by atoms with Crippen molar-refractivity contribution in [3.05, 3.63) is 23.8 Å². The second-order valence-electron chi connectivity index (χ2n) is 10.6. The van der Waals surface area contributed by atoms with E-state index >= 15 is 0 Å². The van der Waals surface area contributed by atoms with E-state index in [4.69, 9.17) is 4.74 Å². The predicted octanol–water partition coefficient (Wildman–Crippen LogP) is 3.78. The largest absolute Gasteiger partial charge is 0.461 e. The van der Waals surface area contributed by atoms with Gasteiger partial charge in [-0.25, -0.2) is 4.79 Å². The van der Waals surface area contributed by atoms with Crippen molar-refractivity contribution in [1.29, 1.82) is 0 Å². The number of fused-ring (bicyclic) bond motifs is 5. The third kappa shape index (κ3) is 3.32. The number of carbonyl (C=O) groups excluding carboxylic acids is 2. The molecule has 0 bridgehead atoms. The minimum Gasteiger partial charge on any atom is -0.461 e. The summed E-state index contributed by atoms with van der Waals surface area (Å²) in [6.45, 7) is 9.61. The number of esters is 1. The summed E-state index contributed by atoms with van der Waals surface area (Å²) in [5.74, 6) is -0.469. The van der Waals surface area contributed by atoms with E-state index in [1.165, 1.54) is 0 Å². The van der Waals surface area contributed by atoms with Crippen LogP contribution in [0.25, 0.3) is 0 Å². The topological polar surface area (TPSA) is 83.8 Å². The third-order valence-corrected chi connectivity index (χ3v) is 8.73. The molecule has 3 unspecified atom stereocenters. The van der Waals surface area contributed by atoms with Crippen LogP contribution in [-0.4, -0.2) is 47.0 Å². The number of ketones is 1. The smallest absolute Gasteiger partial charge is 0.339 e. The molecule has 4 rings (SSSR count). The third-order valence-electron chi connectivity index (χ3n) is 8.73. The first-order valence-electron chi connectivity index (χ1n) is 11.4. The Morgan fingerprint density at radius 3 is 2.55 bits per heavy atom. The summed E-state index contributed by atoms with van der Waals surface area (Å²) in [5.41, 5.74) is -1.57. The number of rotatable bonds is 2. The Morgan fingerprint density at radius 1 is 1.29 bits per heavy atom. The first kappa shape index (κ1) is 24.1. The van der Waals surface area contributed by atoms with Crippen molar-refractivity contribution < 1.29 is 28.9 Å². The maximum atomic E-state index is 13.0. The summed E-state index contributed by atoms with van der Waals surface area (Å²) in [6.07, 6.45) is 7.17. The van der Waals surface area contributed by atoms with E-state index < -0.39 is 23.1 Å². The van der Waals surface area contributed by atoms with E-state index in [1.54, 1.807) is 26.0 Å². The molecule has 3 fully saturated rings. The van der Waals surface area contributed by atoms with E-state index in [9.17, 15) is 24.2 Å². The van der Waals surface area contributed by atoms with E-state index in [0.29, 0.717) is 13.6 Å². The molecule has 4 aliphatic rings. The maximum Gasteiger partial charge on any atom is 0.339 e. The zero-order chi connectivity index (χ0) is 23.4. The molecule has 0 spiro atoms. The number of aliphatic hydroxyl groups is 2. The maximum absolute atomic E-state index is 13.0. The van der Waals surface area contributed by atoms with Crippen LogP contribution in [0, 0.1) is 34.5 Å². The van der Waals surface area contributed by atoms with Gasteiger partial charge in [-0.1, -0.05) is 32.4 Å². The number of allylic oxidation sites excluding steroid dienone is 4. The van der Waals surface area contributed by atoms with Crippen LogP contribution in [0.3, 0.4) is 0 Å². The van der Waals surface area contributed by atoms with E-state index in [1.807, 2.05) is 19.9 Å². The van der Waals surface area contributed by atoms with Gasteiger partial charge in [0.25, 0.3) is 0 Å². The molecule has 6 heteroatoms. The van der Waals surface area contributed by atoms with Gasteiger partial charge >= 0.3 is 5.97 Å². The minimum absolute atomic E-state index is 0.0133. The molecule has 0 saturated heterocycles. The molecule has 3 saturated carbocycles. The van der Waals surface area contributed by atoms with Crippen LogP contribution in [0.2, 0.25) is 0 Å². The van der Waals surface area contributed by atoms with Crippen molar-refractivity contribution in [2.24, 2.45) is 34.5 Å². The second-order valence-corrected chi connectivity index (χ2v) is 10.6. The second kappa shape index (κ2) is 8.11. The molecule has 4 aliphatic carbocycles. The molecular formula is C25H37FO5. The van der Waals surface area contributed by atoms with E-state index in [-0.39, 0.29) is 41.0 Å². The van der Waals surface area contributed by atoms with Crippen molar-refractivity contribution in [1.82, 2.24) is 0 Å². The van der Waals surface area contributed by atoms with Gasteiger partial charge in [0.2, 0.25) is 0 Å². The van der Waals surface area contributed by atoms with Gasteiger partial charge in [0.15, 0.2) is 11.4 Å². The molecule has 174 valence electrons. The Morgan fingerprint density at radius 2 is 1.94 bits per heavy atom. The molecule has 5 nitrogen and oxygen atoms in total. The predicted molar refractivity (Wildman–Crippen MR) is 116 cm³/mol. The van der Waals surface area contributed by atoms with Crippen molar-refractivity contribution >= 4 is 11.8 Å². The van der Waals surface area contributed by atoms with Crippen LogP contribution in [-0.2, 0) is 14.3 Å². The minimum atomic E-state index is -1.59. The SMILES string of the molecule is CC(C)OC(=O)[C@@]1(O)[C@H](C)CC2C3CCC4=CC(=O)C=C[C@]4(C)C3[C@@H](O)C[C@@]21C.CF. The molecule has 0 aromatic heterocycles. The highest BCUT2D eigenvalue weighted by Gasteiger charge is 2.71. The van der Waals surface area contributed by atoms with Gasteiger partial charge < -0.3 is 14.9 Å². The summed E-state index contributed by atoms with van der Waals surface area (Å²) in [7, 11) is 0.500. The number of hydrogen-bond donors (Lipinski definition) is 2. The summed E-state index contributed by atoms with van der Waals surface area (Å²) in [6, 6.07) is 0. The first-order chi connectivity index (χ1) is 14.4. The van der Waals surface area contributed by atoms with Crippen molar-refractivity contribution in [2.75, 3.05) is 7.18 Å². The molecule has 31 heavy (non-hydrogen) atoms. The molecule has 0 heterocycles. The summed E-state index contributed by atoms with van der Waals surface area (Å²) >= 11 is 0. The Kier molecular flexibility index (Phi) is 6.31. The van der Waals surface area contributed by atoms with Gasteiger partial charge in [0.1, 0.15) is 0 Å². The van der Waals surface area contributed by atoms with Gasteiger partial charge in [0, 0.05) is 16.7 Å². The molecular weight excluding hydrogens is 399 g/mol. The Hall–Kier alpha value is -1.53. The van der Waals surface area contributed by atoms with Gasteiger partial charge in [-0.15, -0.1) is 0 Å². The van der Waals surface area contributed by atoms with Crippen molar-refractivity contribution in [3.8, 4) is 0 Å². The molecule has 0 aromatic rings. The Labute approximate surface area is 184 Å². The van der Waals surface area contributed by atoms with Crippen LogP contribution in [0.5, 0.6) is 0 Å². The van der Waals surface area contributed by atoms with Gasteiger partial charge in [0.05, 0.1) is 19.4 Å². The highest BCUT2D eigenvalue weighted by molar-refractivity contribution is 6.01. The fraction of sp³-hybridized carbons (Fsp3) is 0.760. The lowest BCUT2D eigenvalue weighted by atomic mass is 9.46. The van der Waals surface area contributed by atoms with E-state index in [0.717, 1.165) is 24.8 Å². The highest BCUT2D eigenvalue weighted by atomic mass is 19.1. The number of aliphatic hydroxyl groups excluding tert-OH is 1. The number of ether oxygens (including phenoxy) is 1.